The Hall–Kier alpha value is -1.26. The minimum Gasteiger partial charge on any atom is -0.410 e. The molecule has 0 aliphatic carbocycles. The van der Waals surface area contributed by atoms with Gasteiger partial charge >= 0.3 is 6.09 Å². The van der Waals surface area contributed by atoms with Gasteiger partial charge in [-0.1, -0.05) is 11.6 Å². The van der Waals surface area contributed by atoms with Crippen LogP contribution in [0.25, 0.3) is 0 Å². The third-order valence-electron chi connectivity index (χ3n) is 3.05. The fourth-order valence-electron chi connectivity index (χ4n) is 2.06. The molecule has 1 amide bonds. The number of hydrogen-bond donors (Lipinski definition) is 1. The van der Waals surface area contributed by atoms with Crippen LogP contribution in [0.2, 0.25) is 5.02 Å². The van der Waals surface area contributed by atoms with E-state index >= 15 is 0 Å². The maximum atomic E-state index is 12.0. The highest BCUT2D eigenvalue weighted by Crippen LogP contribution is 2.23. The maximum absolute atomic E-state index is 12.0. The highest BCUT2D eigenvalue weighted by Gasteiger charge is 2.23. The zero-order valence-electron chi connectivity index (χ0n) is 10.4. The summed E-state index contributed by atoms with van der Waals surface area (Å²) in [5.41, 5.74) is 6.68. The van der Waals surface area contributed by atoms with Crippen LogP contribution < -0.4 is 10.5 Å². The molecule has 1 heterocycles. The Morgan fingerprint density at radius 2 is 2.33 bits per heavy atom. The Morgan fingerprint density at radius 1 is 1.56 bits per heavy atom. The van der Waals surface area contributed by atoms with E-state index in [1.54, 1.807) is 23.1 Å². The van der Waals surface area contributed by atoms with Crippen LogP contribution >= 0.6 is 11.6 Å². The van der Waals surface area contributed by atoms with Crippen LogP contribution in [0.5, 0.6) is 5.75 Å². The fourth-order valence-corrected chi connectivity index (χ4v) is 2.29. The molecule has 5 heteroatoms. The van der Waals surface area contributed by atoms with Gasteiger partial charge in [-0.05, 0) is 43.5 Å². The van der Waals surface area contributed by atoms with Crippen LogP contribution in [-0.4, -0.2) is 30.1 Å². The lowest BCUT2D eigenvalue weighted by atomic mass is 10.1. The molecule has 1 aliphatic rings. The standard InChI is InChI=1S/C13H17ClN2O2/c1-9-7-10(14)4-5-12(9)18-13(17)16-6-2-3-11(15)8-16/h4-5,7,11H,2-3,6,8,15H2,1H3. The summed E-state index contributed by atoms with van der Waals surface area (Å²) in [5, 5.41) is 0.632. The predicted molar refractivity (Wildman–Crippen MR) is 71.0 cm³/mol. The average molecular weight is 269 g/mol. The van der Waals surface area contributed by atoms with Crippen molar-refractivity contribution in [3.05, 3.63) is 28.8 Å². The monoisotopic (exact) mass is 268 g/mol. The summed E-state index contributed by atoms with van der Waals surface area (Å²) < 4.78 is 5.36. The SMILES string of the molecule is Cc1cc(Cl)ccc1OC(=O)N1CCCC(N)C1. The normalized spacial score (nSPS) is 19.7. The molecule has 98 valence electrons. The van der Waals surface area contributed by atoms with E-state index in [-0.39, 0.29) is 12.1 Å². The summed E-state index contributed by atoms with van der Waals surface area (Å²) in [5.74, 6) is 0.545. The van der Waals surface area contributed by atoms with E-state index in [1.807, 2.05) is 6.92 Å². The molecule has 0 saturated carbocycles. The van der Waals surface area contributed by atoms with Crippen molar-refractivity contribution in [2.24, 2.45) is 5.73 Å². The molecule has 2 rings (SSSR count). The van der Waals surface area contributed by atoms with Gasteiger partial charge in [-0.25, -0.2) is 4.79 Å². The van der Waals surface area contributed by atoms with Crippen molar-refractivity contribution in [3.63, 3.8) is 0 Å². The highest BCUT2D eigenvalue weighted by atomic mass is 35.5. The topological polar surface area (TPSA) is 55.6 Å². The first-order valence-electron chi connectivity index (χ1n) is 6.05. The van der Waals surface area contributed by atoms with E-state index in [2.05, 4.69) is 0 Å². The van der Waals surface area contributed by atoms with Crippen LogP contribution in [-0.2, 0) is 0 Å². The summed E-state index contributed by atoms with van der Waals surface area (Å²) in [4.78, 5) is 13.6. The van der Waals surface area contributed by atoms with Crippen LogP contribution in [0.4, 0.5) is 4.79 Å². The largest absolute Gasteiger partial charge is 0.415 e. The Labute approximate surface area is 112 Å². The Balaban J connectivity index is 2.02. The molecule has 0 radical (unpaired) electrons. The second kappa shape index (κ2) is 5.59. The number of rotatable bonds is 1. The Kier molecular flexibility index (Phi) is 4.09. The van der Waals surface area contributed by atoms with Crippen molar-refractivity contribution in [1.82, 2.24) is 4.90 Å². The molecule has 1 fully saturated rings. The summed E-state index contributed by atoms with van der Waals surface area (Å²) >= 11 is 5.85. The number of hydrogen-bond acceptors (Lipinski definition) is 3. The number of amides is 1. The Morgan fingerprint density at radius 3 is 3.00 bits per heavy atom. The van der Waals surface area contributed by atoms with E-state index in [1.165, 1.54) is 0 Å². The van der Waals surface area contributed by atoms with Gasteiger partial charge in [0, 0.05) is 24.2 Å². The number of carbonyl (C=O) groups excluding carboxylic acids is 1. The second-order valence-corrected chi connectivity index (χ2v) is 5.06. The van der Waals surface area contributed by atoms with Gasteiger partial charge in [0.15, 0.2) is 0 Å². The van der Waals surface area contributed by atoms with E-state index in [9.17, 15) is 4.79 Å². The highest BCUT2D eigenvalue weighted by molar-refractivity contribution is 6.30. The molecule has 18 heavy (non-hydrogen) atoms. The van der Waals surface area contributed by atoms with Crippen molar-refractivity contribution >= 4 is 17.7 Å². The van der Waals surface area contributed by atoms with Crippen molar-refractivity contribution in [3.8, 4) is 5.75 Å². The summed E-state index contributed by atoms with van der Waals surface area (Å²) in [7, 11) is 0. The third kappa shape index (κ3) is 3.15. The number of nitrogens with zero attached hydrogens (tertiary/aromatic N) is 1. The molecule has 0 spiro atoms. The minimum atomic E-state index is -0.337. The van der Waals surface area contributed by atoms with E-state index in [0.717, 1.165) is 18.4 Å². The van der Waals surface area contributed by atoms with Gasteiger partial charge in [-0.2, -0.15) is 0 Å². The molecule has 1 unspecified atom stereocenters. The first-order chi connectivity index (χ1) is 8.56. The summed E-state index contributed by atoms with van der Waals surface area (Å²) in [6.45, 7) is 3.13. The maximum Gasteiger partial charge on any atom is 0.415 e. The van der Waals surface area contributed by atoms with Gasteiger partial charge in [0.1, 0.15) is 5.75 Å². The van der Waals surface area contributed by atoms with Gasteiger partial charge in [0.05, 0.1) is 0 Å². The molecule has 1 aliphatic heterocycles. The van der Waals surface area contributed by atoms with Crippen LogP contribution in [0.3, 0.4) is 0 Å². The zero-order valence-corrected chi connectivity index (χ0v) is 11.1. The molecule has 0 bridgehead atoms. The van der Waals surface area contributed by atoms with Gasteiger partial charge in [0.2, 0.25) is 0 Å². The second-order valence-electron chi connectivity index (χ2n) is 4.63. The van der Waals surface area contributed by atoms with Gasteiger partial charge < -0.3 is 15.4 Å². The minimum absolute atomic E-state index is 0.0533. The number of halogens is 1. The van der Waals surface area contributed by atoms with E-state index < -0.39 is 0 Å². The summed E-state index contributed by atoms with van der Waals surface area (Å²) in [6.07, 6.45) is 1.55. The number of carbonyl (C=O) groups is 1. The van der Waals surface area contributed by atoms with Gasteiger partial charge in [0.25, 0.3) is 0 Å². The number of ether oxygens (including phenoxy) is 1. The predicted octanol–water partition coefficient (Wildman–Crippen LogP) is 2.57. The third-order valence-corrected chi connectivity index (χ3v) is 3.29. The number of benzene rings is 1. The zero-order chi connectivity index (χ0) is 13.1. The molecule has 0 aromatic heterocycles. The lowest BCUT2D eigenvalue weighted by Gasteiger charge is -2.29. The van der Waals surface area contributed by atoms with Crippen molar-refractivity contribution in [2.45, 2.75) is 25.8 Å². The van der Waals surface area contributed by atoms with Crippen molar-refractivity contribution in [2.75, 3.05) is 13.1 Å². The van der Waals surface area contributed by atoms with E-state index in [4.69, 9.17) is 22.1 Å². The molecule has 1 aromatic carbocycles. The first kappa shape index (κ1) is 13.2. The number of likely N-dealkylation sites (tertiary alicyclic amines) is 1. The number of nitrogens with two attached hydrogens (primary N) is 1. The van der Waals surface area contributed by atoms with Crippen molar-refractivity contribution < 1.29 is 9.53 Å². The van der Waals surface area contributed by atoms with Crippen LogP contribution in [0.15, 0.2) is 18.2 Å². The molecular formula is C13H17ClN2O2. The molecule has 1 saturated heterocycles. The number of aryl methyl sites for hydroxylation is 1. The van der Waals surface area contributed by atoms with Crippen LogP contribution in [0.1, 0.15) is 18.4 Å². The number of piperidine rings is 1. The lowest BCUT2D eigenvalue weighted by molar-refractivity contribution is 0.137. The first-order valence-corrected chi connectivity index (χ1v) is 6.42. The average Bonchev–Trinajstić information content (AvgIpc) is 2.32. The molecule has 2 N–H and O–H groups in total. The van der Waals surface area contributed by atoms with Gasteiger partial charge in [-0.3, -0.25) is 0 Å². The molecule has 1 aromatic rings. The molecular weight excluding hydrogens is 252 g/mol. The lowest BCUT2D eigenvalue weighted by Crippen LogP contribution is -2.46. The van der Waals surface area contributed by atoms with Crippen molar-refractivity contribution in [1.29, 1.82) is 0 Å². The van der Waals surface area contributed by atoms with E-state index in [0.29, 0.717) is 23.9 Å². The fraction of sp³-hybridized carbons (Fsp3) is 0.462. The Bertz CT molecular complexity index is 451. The summed E-state index contributed by atoms with van der Waals surface area (Å²) in [6, 6.07) is 5.24. The van der Waals surface area contributed by atoms with Gasteiger partial charge in [-0.15, -0.1) is 0 Å². The van der Waals surface area contributed by atoms with Crippen LogP contribution in [0, 0.1) is 6.92 Å². The molecule has 4 nitrogen and oxygen atoms in total. The molecule has 1 atom stereocenters. The quantitative estimate of drug-likeness (QED) is 0.852. The smallest absolute Gasteiger partial charge is 0.410 e.